The van der Waals surface area contributed by atoms with Crippen LogP contribution >= 0.6 is 11.6 Å². The lowest BCUT2D eigenvalue weighted by Crippen LogP contribution is -2.55. The SMILES string of the molecule is C[C@H]1CC[C@H](C(NC(=O)c2ccc3c(c2)CCCC(=O)N3)C(=O)N2C[C@H](Cl)[C@H]3OCC(=O)[C@H]32)CC1. The number of hydrogen-bond acceptors (Lipinski definition) is 5. The van der Waals surface area contributed by atoms with Crippen molar-refractivity contribution in [1.29, 1.82) is 0 Å². The number of ketones is 1. The van der Waals surface area contributed by atoms with Crippen molar-refractivity contribution in [2.45, 2.75) is 75.4 Å². The number of carbonyl (C=O) groups excluding carboxylic acids is 4. The van der Waals surface area contributed by atoms with E-state index >= 15 is 0 Å². The van der Waals surface area contributed by atoms with Crippen LogP contribution < -0.4 is 10.6 Å². The average molecular weight is 502 g/mol. The van der Waals surface area contributed by atoms with E-state index in [1.165, 1.54) is 4.90 Å². The van der Waals surface area contributed by atoms with Crippen LogP contribution in [0.4, 0.5) is 5.69 Å². The number of carbonyl (C=O) groups is 4. The lowest BCUT2D eigenvalue weighted by Gasteiger charge is -2.35. The number of aryl methyl sites for hydroxylation is 1. The van der Waals surface area contributed by atoms with E-state index < -0.39 is 23.6 Å². The van der Waals surface area contributed by atoms with E-state index in [9.17, 15) is 19.2 Å². The first kappa shape index (κ1) is 24.3. The van der Waals surface area contributed by atoms with E-state index in [0.717, 1.165) is 43.4 Å². The van der Waals surface area contributed by atoms with Gasteiger partial charge in [-0.15, -0.1) is 11.6 Å². The van der Waals surface area contributed by atoms with E-state index in [2.05, 4.69) is 17.6 Å². The first-order valence-electron chi connectivity index (χ1n) is 12.6. The predicted octanol–water partition coefficient (Wildman–Crippen LogP) is 2.67. The first-order chi connectivity index (χ1) is 16.8. The molecule has 1 aliphatic carbocycles. The smallest absolute Gasteiger partial charge is 0.251 e. The average Bonchev–Trinajstić information content (AvgIpc) is 3.32. The number of benzene rings is 1. The Morgan fingerprint density at radius 1 is 1.17 bits per heavy atom. The maximum Gasteiger partial charge on any atom is 0.251 e. The van der Waals surface area contributed by atoms with Gasteiger partial charge >= 0.3 is 0 Å². The van der Waals surface area contributed by atoms with Gasteiger partial charge < -0.3 is 20.3 Å². The molecule has 0 aromatic heterocycles. The third kappa shape index (κ3) is 4.83. The zero-order valence-corrected chi connectivity index (χ0v) is 20.7. The normalized spacial score (nSPS) is 31.3. The molecule has 0 radical (unpaired) electrons. The first-order valence-corrected chi connectivity index (χ1v) is 13.1. The van der Waals surface area contributed by atoms with Crippen molar-refractivity contribution >= 4 is 40.8 Å². The minimum atomic E-state index is -0.732. The maximum absolute atomic E-state index is 13.8. The minimum absolute atomic E-state index is 0.00647. The Labute approximate surface area is 210 Å². The fourth-order valence-corrected chi connectivity index (χ4v) is 6.30. The molecule has 1 unspecified atom stereocenters. The highest BCUT2D eigenvalue weighted by Crippen LogP contribution is 2.35. The molecule has 2 N–H and O–H groups in total. The van der Waals surface area contributed by atoms with E-state index in [1.54, 1.807) is 18.2 Å². The van der Waals surface area contributed by atoms with Gasteiger partial charge in [0.25, 0.3) is 5.91 Å². The number of alkyl halides is 1. The number of hydrogen-bond donors (Lipinski definition) is 2. The van der Waals surface area contributed by atoms with Crippen molar-refractivity contribution in [3.8, 4) is 0 Å². The van der Waals surface area contributed by atoms with Crippen LogP contribution in [0.15, 0.2) is 18.2 Å². The van der Waals surface area contributed by atoms with Crippen LogP contribution in [0, 0.1) is 11.8 Å². The quantitative estimate of drug-likeness (QED) is 0.617. The summed E-state index contributed by atoms with van der Waals surface area (Å²) in [6.45, 7) is 2.40. The van der Waals surface area contributed by atoms with Crippen LogP contribution in [0.1, 0.15) is 61.4 Å². The van der Waals surface area contributed by atoms with Gasteiger partial charge in [0.15, 0.2) is 5.78 Å². The Bertz CT molecular complexity index is 1040. The molecule has 3 amide bonds. The zero-order chi connectivity index (χ0) is 24.7. The zero-order valence-electron chi connectivity index (χ0n) is 19.9. The Kier molecular flexibility index (Phi) is 6.86. The molecule has 2 saturated heterocycles. The third-order valence-electron chi connectivity index (χ3n) is 7.98. The van der Waals surface area contributed by atoms with Crippen molar-refractivity contribution in [3.05, 3.63) is 29.3 Å². The number of fused-ring (bicyclic) bond motifs is 2. The predicted molar refractivity (Wildman–Crippen MR) is 130 cm³/mol. The Morgan fingerprint density at radius 3 is 2.71 bits per heavy atom. The molecule has 1 aromatic rings. The van der Waals surface area contributed by atoms with Gasteiger partial charge in [-0.25, -0.2) is 0 Å². The maximum atomic E-state index is 13.8. The van der Waals surface area contributed by atoms with Gasteiger partial charge in [-0.3, -0.25) is 19.2 Å². The third-order valence-corrected chi connectivity index (χ3v) is 8.37. The number of ether oxygens (including phenoxy) is 1. The number of nitrogens with zero attached hydrogens (tertiary/aromatic N) is 1. The Hall–Kier alpha value is -2.45. The summed E-state index contributed by atoms with van der Waals surface area (Å²) >= 11 is 6.43. The Morgan fingerprint density at radius 2 is 1.94 bits per heavy atom. The monoisotopic (exact) mass is 501 g/mol. The van der Waals surface area contributed by atoms with E-state index in [0.29, 0.717) is 24.3 Å². The van der Waals surface area contributed by atoms with Crippen LogP contribution in [0.5, 0.6) is 0 Å². The van der Waals surface area contributed by atoms with Gasteiger partial charge in [0.05, 0.1) is 5.38 Å². The molecule has 4 aliphatic rings. The van der Waals surface area contributed by atoms with E-state index in [-0.39, 0.29) is 42.6 Å². The van der Waals surface area contributed by atoms with Gasteiger partial charge in [-0.2, -0.15) is 0 Å². The number of Topliss-reactive ketones (excluding diaryl/α,β-unsaturated/α-hetero) is 1. The second-order valence-corrected chi connectivity index (χ2v) is 11.0. The van der Waals surface area contributed by atoms with Crippen LogP contribution in [0.3, 0.4) is 0 Å². The lowest BCUT2D eigenvalue weighted by atomic mass is 9.78. The molecule has 8 nitrogen and oxygen atoms in total. The summed E-state index contributed by atoms with van der Waals surface area (Å²) in [7, 11) is 0. The van der Waals surface area contributed by atoms with Crippen LogP contribution in [-0.2, 0) is 25.5 Å². The number of amides is 3. The highest BCUT2D eigenvalue weighted by atomic mass is 35.5. The number of nitrogens with one attached hydrogen (secondary N) is 2. The number of rotatable bonds is 4. The largest absolute Gasteiger partial charge is 0.366 e. The fraction of sp³-hybridized carbons (Fsp3) is 0.615. The summed E-state index contributed by atoms with van der Waals surface area (Å²) in [5.41, 5.74) is 2.10. The van der Waals surface area contributed by atoms with Crippen LogP contribution in [-0.4, -0.2) is 65.1 Å². The summed E-state index contributed by atoms with van der Waals surface area (Å²) in [6, 6.07) is 3.83. The minimum Gasteiger partial charge on any atom is -0.366 e. The highest BCUT2D eigenvalue weighted by Gasteiger charge is 2.53. The summed E-state index contributed by atoms with van der Waals surface area (Å²) in [6.07, 6.45) is 5.05. The van der Waals surface area contributed by atoms with Crippen molar-refractivity contribution < 1.29 is 23.9 Å². The van der Waals surface area contributed by atoms with E-state index in [1.807, 2.05) is 0 Å². The van der Waals surface area contributed by atoms with Gasteiger partial charge in [-0.1, -0.05) is 19.8 Å². The van der Waals surface area contributed by atoms with Gasteiger partial charge in [0, 0.05) is 24.2 Å². The summed E-state index contributed by atoms with van der Waals surface area (Å²) in [5.74, 6) is -0.158. The van der Waals surface area contributed by atoms with Crippen LogP contribution in [0.2, 0.25) is 0 Å². The molecule has 1 aromatic carbocycles. The molecule has 9 heteroatoms. The number of anilines is 1. The summed E-state index contributed by atoms with van der Waals surface area (Å²) in [5, 5.41) is 5.46. The van der Waals surface area contributed by atoms with Crippen molar-refractivity contribution in [2.24, 2.45) is 11.8 Å². The molecule has 1 saturated carbocycles. The number of likely N-dealkylation sites (tertiary alicyclic amines) is 1. The Balaban J connectivity index is 1.38. The molecule has 188 valence electrons. The molecule has 5 rings (SSSR count). The molecule has 0 bridgehead atoms. The second-order valence-electron chi connectivity index (χ2n) is 10.4. The van der Waals surface area contributed by atoms with Gasteiger partial charge in [0.1, 0.15) is 24.8 Å². The second kappa shape index (κ2) is 9.90. The molecule has 35 heavy (non-hydrogen) atoms. The molecule has 3 aliphatic heterocycles. The number of halogens is 1. The van der Waals surface area contributed by atoms with Gasteiger partial charge in [0.2, 0.25) is 11.8 Å². The topological polar surface area (TPSA) is 105 Å². The standard InChI is InChI=1S/C26H32ClN3O5/c1-14-5-7-15(8-6-14)22(26(34)30-12-18(27)24-23(30)20(31)13-35-24)29-25(33)17-9-10-19-16(11-17)3-2-4-21(32)28-19/h9-11,14-15,18,22-24H,2-8,12-13H2,1H3,(H,28,32)(H,29,33)/t14-,15-,18-,22?,23+,24+/m0/s1. The van der Waals surface area contributed by atoms with Crippen molar-refractivity contribution in [2.75, 3.05) is 18.5 Å². The van der Waals surface area contributed by atoms with Crippen molar-refractivity contribution in [3.63, 3.8) is 0 Å². The molecule has 0 spiro atoms. The van der Waals surface area contributed by atoms with Crippen molar-refractivity contribution in [1.82, 2.24) is 10.2 Å². The molecule has 3 heterocycles. The molecular formula is C26H32ClN3O5. The molecular weight excluding hydrogens is 470 g/mol. The summed E-state index contributed by atoms with van der Waals surface area (Å²) < 4.78 is 5.55. The lowest BCUT2D eigenvalue weighted by molar-refractivity contribution is -0.139. The fourth-order valence-electron chi connectivity index (χ4n) is 5.94. The van der Waals surface area contributed by atoms with Crippen LogP contribution in [0.25, 0.3) is 0 Å². The highest BCUT2D eigenvalue weighted by molar-refractivity contribution is 6.22. The molecule has 4 atom stereocenters. The summed E-state index contributed by atoms with van der Waals surface area (Å²) in [4.78, 5) is 53.1. The van der Waals surface area contributed by atoms with Gasteiger partial charge in [-0.05, 0) is 61.3 Å². The van der Waals surface area contributed by atoms with E-state index in [4.69, 9.17) is 16.3 Å². The molecule has 3 fully saturated rings.